The van der Waals surface area contributed by atoms with Crippen LogP contribution in [0.4, 0.5) is 26.3 Å². The summed E-state index contributed by atoms with van der Waals surface area (Å²) in [7, 11) is -4.72. The highest BCUT2D eigenvalue weighted by Crippen LogP contribution is 2.37. The highest BCUT2D eigenvalue weighted by atomic mass is 32.2. The van der Waals surface area contributed by atoms with Gasteiger partial charge in [0.05, 0.1) is 46.4 Å². The summed E-state index contributed by atoms with van der Waals surface area (Å²) in [6.45, 7) is -2.67. The van der Waals surface area contributed by atoms with Gasteiger partial charge in [-0.25, -0.2) is 8.42 Å². The molecule has 0 unspecified atom stereocenters. The SMILES string of the molecule is N#Cc1ccc(O[C@H]2CN(S(=O)(=O)c3ccc(C(F)(F)F)cc3C#N)C[C@@]2(O)CO)cc1C(F)(F)F. The van der Waals surface area contributed by atoms with Crippen LogP contribution in [0.2, 0.25) is 0 Å². The lowest BCUT2D eigenvalue weighted by atomic mass is 10.0. The molecule has 2 aromatic rings. The normalized spacial score (nSPS) is 21.1. The third-order valence-electron chi connectivity index (χ3n) is 5.43. The lowest BCUT2D eigenvalue weighted by Crippen LogP contribution is -2.48. The molecule has 36 heavy (non-hydrogen) atoms. The van der Waals surface area contributed by atoms with Crippen molar-refractivity contribution in [2.45, 2.75) is 29.0 Å². The van der Waals surface area contributed by atoms with Crippen molar-refractivity contribution in [3.8, 4) is 17.9 Å². The minimum atomic E-state index is -4.93. The molecule has 15 heteroatoms. The van der Waals surface area contributed by atoms with Gasteiger partial charge in [0.1, 0.15) is 23.5 Å². The fourth-order valence-corrected chi connectivity index (χ4v) is 5.18. The van der Waals surface area contributed by atoms with E-state index >= 15 is 0 Å². The van der Waals surface area contributed by atoms with Crippen molar-refractivity contribution in [1.29, 1.82) is 10.5 Å². The fourth-order valence-electron chi connectivity index (χ4n) is 3.56. The topological polar surface area (TPSA) is 135 Å². The van der Waals surface area contributed by atoms with Crippen LogP contribution in [-0.2, 0) is 22.4 Å². The Labute approximate surface area is 200 Å². The molecule has 2 atom stereocenters. The molecular formula is C21H15F6N3O5S. The summed E-state index contributed by atoms with van der Waals surface area (Å²) in [5.41, 5.74) is -6.48. The second-order valence-electron chi connectivity index (χ2n) is 7.80. The number of alkyl halides is 6. The number of aliphatic hydroxyl groups excluding tert-OH is 1. The van der Waals surface area contributed by atoms with Crippen molar-refractivity contribution in [2.24, 2.45) is 0 Å². The Bertz CT molecular complexity index is 1360. The van der Waals surface area contributed by atoms with Gasteiger partial charge in [-0.1, -0.05) is 0 Å². The fraction of sp³-hybridized carbons (Fsp3) is 0.333. The maximum Gasteiger partial charge on any atom is 0.417 e. The molecule has 0 radical (unpaired) electrons. The van der Waals surface area contributed by atoms with Crippen LogP contribution in [-0.4, -0.2) is 54.3 Å². The molecule has 0 aliphatic carbocycles. The molecule has 0 spiro atoms. The van der Waals surface area contributed by atoms with E-state index in [4.69, 9.17) is 10.00 Å². The maximum atomic E-state index is 13.2. The molecule has 0 saturated carbocycles. The molecule has 0 bridgehead atoms. The molecule has 3 rings (SSSR count). The summed E-state index contributed by atoms with van der Waals surface area (Å²) in [6, 6.07) is 6.35. The summed E-state index contributed by atoms with van der Waals surface area (Å²) >= 11 is 0. The van der Waals surface area contributed by atoms with E-state index in [0.717, 1.165) is 12.1 Å². The zero-order valence-electron chi connectivity index (χ0n) is 17.8. The first-order valence-corrected chi connectivity index (χ1v) is 11.2. The largest absolute Gasteiger partial charge is 0.486 e. The second-order valence-corrected chi connectivity index (χ2v) is 9.71. The number of aliphatic hydroxyl groups is 2. The first-order valence-electron chi connectivity index (χ1n) is 9.79. The van der Waals surface area contributed by atoms with Crippen molar-refractivity contribution >= 4 is 10.0 Å². The van der Waals surface area contributed by atoms with Crippen molar-refractivity contribution in [3.05, 3.63) is 58.7 Å². The number of ether oxygens (including phenoxy) is 1. The summed E-state index contributed by atoms with van der Waals surface area (Å²) < 4.78 is 111. The van der Waals surface area contributed by atoms with Crippen molar-refractivity contribution in [1.82, 2.24) is 4.31 Å². The molecule has 0 amide bonds. The van der Waals surface area contributed by atoms with E-state index in [0.29, 0.717) is 28.6 Å². The van der Waals surface area contributed by atoms with E-state index in [2.05, 4.69) is 0 Å². The second kappa shape index (κ2) is 9.25. The molecule has 8 nitrogen and oxygen atoms in total. The number of halogens is 6. The van der Waals surface area contributed by atoms with Gasteiger partial charge < -0.3 is 14.9 Å². The van der Waals surface area contributed by atoms with Gasteiger partial charge in [0, 0.05) is 6.54 Å². The standard InChI is InChI=1S/C21H15F6N3O5S/c22-20(23,24)14-2-4-17(13(5-14)8-29)36(33,34)30-9-18(19(32,10-30)11-31)35-15-3-1-12(7-28)16(6-15)21(25,26)27/h1-6,18,31-32H,9-11H2/t18-,19+/m0/s1. The summed E-state index contributed by atoms with van der Waals surface area (Å²) in [5, 5.41) is 38.5. The van der Waals surface area contributed by atoms with Crippen molar-refractivity contribution < 1.29 is 49.7 Å². The van der Waals surface area contributed by atoms with E-state index in [1.165, 1.54) is 12.1 Å². The summed E-state index contributed by atoms with van der Waals surface area (Å²) in [4.78, 5) is -0.809. The number of rotatable bonds is 5. The first-order chi connectivity index (χ1) is 16.6. The third-order valence-corrected chi connectivity index (χ3v) is 7.30. The number of β-amino-alcohol motifs (C(OH)–C–C–N with tert-alkyl or cyclic N) is 1. The number of sulfonamides is 1. The molecule has 1 aliphatic rings. The Balaban J connectivity index is 1.96. The Morgan fingerprint density at radius 1 is 1.03 bits per heavy atom. The van der Waals surface area contributed by atoms with E-state index in [1.807, 2.05) is 0 Å². The number of benzene rings is 2. The molecule has 192 valence electrons. The Morgan fingerprint density at radius 3 is 2.19 bits per heavy atom. The predicted octanol–water partition coefficient (Wildman–Crippen LogP) is 2.64. The Kier molecular flexibility index (Phi) is 7.00. The molecule has 2 N–H and O–H groups in total. The molecule has 0 aromatic heterocycles. The first kappa shape index (κ1) is 27.2. The van der Waals surface area contributed by atoms with E-state index in [-0.39, 0.29) is 0 Å². The zero-order chi connectivity index (χ0) is 27.1. The van der Waals surface area contributed by atoms with Crippen LogP contribution in [0.3, 0.4) is 0 Å². The van der Waals surface area contributed by atoms with Crippen LogP contribution in [0.15, 0.2) is 41.3 Å². The number of nitrogens with zero attached hydrogens (tertiary/aromatic N) is 3. The number of nitriles is 2. The van der Waals surface area contributed by atoms with Gasteiger partial charge in [0.2, 0.25) is 10.0 Å². The van der Waals surface area contributed by atoms with E-state index < -0.39 is 86.7 Å². The van der Waals surface area contributed by atoms with E-state index in [9.17, 15) is 50.2 Å². The summed E-state index contributed by atoms with van der Waals surface area (Å²) in [6.07, 6.45) is -11.4. The molecule has 1 saturated heterocycles. The average Bonchev–Trinajstić information content (AvgIpc) is 3.14. The van der Waals surface area contributed by atoms with Gasteiger partial charge in [-0.05, 0) is 36.4 Å². The maximum absolute atomic E-state index is 13.2. The monoisotopic (exact) mass is 535 g/mol. The quantitative estimate of drug-likeness (QED) is 0.562. The van der Waals surface area contributed by atoms with Crippen LogP contribution in [0.25, 0.3) is 0 Å². The van der Waals surface area contributed by atoms with Crippen molar-refractivity contribution in [2.75, 3.05) is 19.7 Å². The average molecular weight is 535 g/mol. The Hall–Kier alpha value is -3.37. The smallest absolute Gasteiger partial charge is 0.417 e. The van der Waals surface area contributed by atoms with Crippen molar-refractivity contribution in [3.63, 3.8) is 0 Å². The molecule has 1 fully saturated rings. The lowest BCUT2D eigenvalue weighted by molar-refractivity contribution is -0.138. The minimum absolute atomic E-state index is 0.338. The molecule has 1 aliphatic heterocycles. The molecule has 1 heterocycles. The summed E-state index contributed by atoms with van der Waals surface area (Å²) in [5.74, 6) is -0.496. The Morgan fingerprint density at radius 2 is 1.67 bits per heavy atom. The van der Waals surface area contributed by atoms with Gasteiger partial charge in [0.15, 0.2) is 0 Å². The highest BCUT2D eigenvalue weighted by molar-refractivity contribution is 7.89. The number of hydrogen-bond donors (Lipinski definition) is 2. The molecule has 2 aromatic carbocycles. The van der Waals surface area contributed by atoms with Gasteiger partial charge in [-0.15, -0.1) is 0 Å². The third kappa shape index (κ3) is 5.10. The van der Waals surface area contributed by atoms with Gasteiger partial charge in [-0.2, -0.15) is 41.2 Å². The van der Waals surface area contributed by atoms with Gasteiger partial charge in [-0.3, -0.25) is 0 Å². The number of hydrogen-bond acceptors (Lipinski definition) is 7. The predicted molar refractivity (Wildman–Crippen MR) is 108 cm³/mol. The van der Waals surface area contributed by atoms with Gasteiger partial charge in [0.25, 0.3) is 0 Å². The lowest BCUT2D eigenvalue weighted by Gasteiger charge is -2.27. The zero-order valence-corrected chi connectivity index (χ0v) is 18.6. The van der Waals surface area contributed by atoms with E-state index in [1.54, 1.807) is 0 Å². The van der Waals surface area contributed by atoms with Crippen LogP contribution in [0.1, 0.15) is 22.3 Å². The minimum Gasteiger partial charge on any atom is -0.486 e. The highest BCUT2D eigenvalue weighted by Gasteiger charge is 2.51. The molecular weight excluding hydrogens is 520 g/mol. The van der Waals surface area contributed by atoms with Crippen LogP contribution in [0.5, 0.6) is 5.75 Å². The van der Waals surface area contributed by atoms with Crippen LogP contribution in [0, 0.1) is 22.7 Å². The van der Waals surface area contributed by atoms with Gasteiger partial charge >= 0.3 is 12.4 Å². The van der Waals surface area contributed by atoms with Crippen LogP contribution < -0.4 is 4.74 Å². The van der Waals surface area contributed by atoms with Crippen LogP contribution >= 0.6 is 0 Å².